The zero-order chi connectivity index (χ0) is 22.6. The number of carbonyl (C=O) groups is 1. The number of aliphatic imine (C=N–C) groups is 1. The van der Waals surface area contributed by atoms with E-state index in [1.54, 1.807) is 24.5 Å². The molecule has 1 aromatic heterocycles. The molecule has 6 heteroatoms. The maximum absolute atomic E-state index is 12.8. The van der Waals surface area contributed by atoms with Gasteiger partial charge in [-0.3, -0.25) is 15.1 Å². The van der Waals surface area contributed by atoms with E-state index in [9.17, 15) is 4.79 Å². The lowest BCUT2D eigenvalue weighted by Crippen LogP contribution is -2.36. The molecule has 2 N–H and O–H groups in total. The van der Waals surface area contributed by atoms with Gasteiger partial charge in [-0.2, -0.15) is 0 Å². The molecule has 1 amide bonds. The number of nitrogens with zero attached hydrogens (tertiary/aromatic N) is 2. The summed E-state index contributed by atoms with van der Waals surface area (Å²) in [6.45, 7) is 5.33. The second-order valence-electron chi connectivity index (χ2n) is 7.38. The van der Waals surface area contributed by atoms with Crippen molar-refractivity contribution in [1.82, 2.24) is 10.3 Å². The molecule has 0 aliphatic heterocycles. The summed E-state index contributed by atoms with van der Waals surface area (Å²) in [4.78, 5) is 21.5. The molecule has 0 aliphatic rings. The number of amides is 1. The predicted octanol–water partition coefficient (Wildman–Crippen LogP) is 5.22. The van der Waals surface area contributed by atoms with Crippen LogP contribution in [0.3, 0.4) is 0 Å². The Bertz CT molecular complexity index is 1000. The highest BCUT2D eigenvalue weighted by molar-refractivity contribution is 6.10. The van der Waals surface area contributed by atoms with Gasteiger partial charge in [0.1, 0.15) is 5.75 Å². The first-order chi connectivity index (χ1) is 15.7. The van der Waals surface area contributed by atoms with Crippen LogP contribution in [0.15, 0.2) is 78.0 Å². The zero-order valence-corrected chi connectivity index (χ0v) is 18.7. The summed E-state index contributed by atoms with van der Waals surface area (Å²) < 4.78 is 5.67. The number of rotatable bonds is 9. The molecule has 0 aliphatic carbocycles. The van der Waals surface area contributed by atoms with Crippen LogP contribution in [0.2, 0.25) is 0 Å². The Kier molecular flexibility index (Phi) is 8.80. The Morgan fingerprint density at radius 3 is 2.31 bits per heavy atom. The van der Waals surface area contributed by atoms with E-state index >= 15 is 0 Å². The minimum Gasteiger partial charge on any atom is -0.494 e. The number of aromatic nitrogens is 1. The lowest BCUT2D eigenvalue weighted by Gasteiger charge is -2.13. The topological polar surface area (TPSA) is 75.6 Å². The van der Waals surface area contributed by atoms with Gasteiger partial charge in [-0.05, 0) is 72.5 Å². The molecule has 6 nitrogen and oxygen atoms in total. The summed E-state index contributed by atoms with van der Waals surface area (Å²) in [5.41, 5.74) is 3.64. The van der Waals surface area contributed by atoms with Crippen LogP contribution in [0, 0.1) is 0 Å². The highest BCUT2D eigenvalue weighted by atomic mass is 16.5. The van der Waals surface area contributed by atoms with E-state index in [0.29, 0.717) is 24.7 Å². The first kappa shape index (κ1) is 23.0. The standard InChI is InChI=1S/C26H30N4O2/c1-3-5-18-32-24-12-8-22(9-13-24)25(31)30-26(28-19-21-14-16-27-17-15-21)29-23-10-6-20(4-2)7-11-23/h6-17H,3-5,18-19H2,1-2H3,(H2,28,29,30,31). The molecule has 166 valence electrons. The van der Waals surface area contributed by atoms with E-state index in [4.69, 9.17) is 4.74 Å². The van der Waals surface area contributed by atoms with Crippen LogP contribution in [0.4, 0.5) is 5.69 Å². The predicted molar refractivity (Wildman–Crippen MR) is 129 cm³/mol. The Balaban J connectivity index is 1.71. The molecule has 2 aromatic carbocycles. The monoisotopic (exact) mass is 430 g/mol. The number of hydrogen-bond acceptors (Lipinski definition) is 4. The number of aryl methyl sites for hydroxylation is 1. The van der Waals surface area contributed by atoms with Crippen LogP contribution < -0.4 is 15.4 Å². The molecule has 0 fully saturated rings. The Labute approximate surface area is 189 Å². The number of anilines is 1. The molecule has 0 radical (unpaired) electrons. The Hall–Kier alpha value is -3.67. The van der Waals surface area contributed by atoms with Crippen LogP contribution in [0.1, 0.15) is 48.2 Å². The number of hydrogen-bond donors (Lipinski definition) is 2. The average Bonchev–Trinajstić information content (AvgIpc) is 2.84. The molecule has 0 bridgehead atoms. The van der Waals surface area contributed by atoms with Crippen LogP contribution >= 0.6 is 0 Å². The maximum Gasteiger partial charge on any atom is 0.257 e. The third-order valence-corrected chi connectivity index (χ3v) is 4.91. The number of ether oxygens (including phenoxy) is 1. The number of guanidine groups is 1. The third kappa shape index (κ3) is 7.23. The molecular weight excluding hydrogens is 400 g/mol. The molecular formula is C26H30N4O2. The normalized spacial score (nSPS) is 11.1. The summed E-state index contributed by atoms with van der Waals surface area (Å²) in [5, 5.41) is 6.12. The highest BCUT2D eigenvalue weighted by Gasteiger charge is 2.10. The lowest BCUT2D eigenvalue weighted by atomic mass is 10.1. The van der Waals surface area contributed by atoms with Gasteiger partial charge >= 0.3 is 0 Å². The van der Waals surface area contributed by atoms with Crippen molar-refractivity contribution < 1.29 is 9.53 Å². The van der Waals surface area contributed by atoms with Crippen molar-refractivity contribution in [3.8, 4) is 5.75 Å². The second-order valence-corrected chi connectivity index (χ2v) is 7.38. The first-order valence-electron chi connectivity index (χ1n) is 11.0. The summed E-state index contributed by atoms with van der Waals surface area (Å²) >= 11 is 0. The van der Waals surface area contributed by atoms with Gasteiger partial charge in [-0.1, -0.05) is 32.4 Å². The van der Waals surface area contributed by atoms with Crippen LogP contribution in [0.5, 0.6) is 5.75 Å². The Morgan fingerprint density at radius 2 is 1.66 bits per heavy atom. The van der Waals surface area contributed by atoms with Gasteiger partial charge in [0.2, 0.25) is 5.96 Å². The number of carbonyl (C=O) groups excluding carboxylic acids is 1. The third-order valence-electron chi connectivity index (χ3n) is 4.91. The van der Waals surface area contributed by atoms with Crippen molar-refractivity contribution in [2.24, 2.45) is 4.99 Å². The number of benzene rings is 2. The van der Waals surface area contributed by atoms with E-state index in [0.717, 1.165) is 36.3 Å². The molecule has 0 saturated carbocycles. The van der Waals surface area contributed by atoms with E-state index in [-0.39, 0.29) is 5.91 Å². The second kappa shape index (κ2) is 12.2. The van der Waals surface area contributed by atoms with Crippen molar-refractivity contribution in [2.75, 3.05) is 11.9 Å². The summed E-state index contributed by atoms with van der Waals surface area (Å²) in [6.07, 6.45) is 6.51. The minimum absolute atomic E-state index is 0.240. The number of unbranched alkanes of at least 4 members (excludes halogenated alkanes) is 1. The van der Waals surface area contributed by atoms with Crippen molar-refractivity contribution in [1.29, 1.82) is 0 Å². The molecule has 3 aromatic rings. The van der Waals surface area contributed by atoms with E-state index in [2.05, 4.69) is 46.6 Å². The molecule has 0 atom stereocenters. The smallest absolute Gasteiger partial charge is 0.257 e. The number of nitrogens with one attached hydrogen (secondary N) is 2. The molecule has 0 saturated heterocycles. The van der Waals surface area contributed by atoms with Gasteiger partial charge in [0.15, 0.2) is 0 Å². The Morgan fingerprint density at radius 1 is 0.938 bits per heavy atom. The first-order valence-corrected chi connectivity index (χ1v) is 11.0. The lowest BCUT2D eigenvalue weighted by molar-refractivity contribution is 0.0977. The molecule has 0 unspecified atom stereocenters. The van der Waals surface area contributed by atoms with Gasteiger partial charge in [-0.25, -0.2) is 4.99 Å². The highest BCUT2D eigenvalue weighted by Crippen LogP contribution is 2.14. The molecule has 3 rings (SSSR count). The van der Waals surface area contributed by atoms with Gasteiger partial charge in [0, 0.05) is 23.6 Å². The van der Waals surface area contributed by atoms with Gasteiger partial charge in [-0.15, -0.1) is 0 Å². The summed E-state index contributed by atoms with van der Waals surface area (Å²) in [6, 6.07) is 19.0. The number of pyridine rings is 1. The summed E-state index contributed by atoms with van der Waals surface area (Å²) in [5.74, 6) is 0.909. The molecule has 0 spiro atoms. The fourth-order valence-electron chi connectivity index (χ4n) is 2.95. The maximum atomic E-state index is 12.8. The largest absolute Gasteiger partial charge is 0.494 e. The average molecular weight is 431 g/mol. The van der Waals surface area contributed by atoms with E-state index in [1.165, 1.54) is 5.56 Å². The quantitative estimate of drug-likeness (QED) is 0.277. The fourth-order valence-corrected chi connectivity index (χ4v) is 2.95. The minimum atomic E-state index is -0.240. The molecule has 1 heterocycles. The van der Waals surface area contributed by atoms with Crippen LogP contribution in [0.25, 0.3) is 0 Å². The van der Waals surface area contributed by atoms with Crippen LogP contribution in [-0.2, 0) is 13.0 Å². The van der Waals surface area contributed by atoms with Gasteiger partial charge < -0.3 is 10.1 Å². The van der Waals surface area contributed by atoms with Gasteiger partial charge in [0.25, 0.3) is 5.91 Å². The van der Waals surface area contributed by atoms with Crippen molar-refractivity contribution in [2.45, 2.75) is 39.7 Å². The zero-order valence-electron chi connectivity index (χ0n) is 18.7. The van der Waals surface area contributed by atoms with Crippen molar-refractivity contribution in [3.63, 3.8) is 0 Å². The van der Waals surface area contributed by atoms with Crippen LogP contribution in [-0.4, -0.2) is 23.5 Å². The fraction of sp³-hybridized carbons (Fsp3) is 0.269. The summed E-state index contributed by atoms with van der Waals surface area (Å²) in [7, 11) is 0. The molecule has 32 heavy (non-hydrogen) atoms. The van der Waals surface area contributed by atoms with Crippen molar-refractivity contribution in [3.05, 3.63) is 89.7 Å². The van der Waals surface area contributed by atoms with E-state index in [1.807, 2.05) is 36.4 Å². The van der Waals surface area contributed by atoms with E-state index < -0.39 is 0 Å². The van der Waals surface area contributed by atoms with Gasteiger partial charge in [0.05, 0.1) is 13.2 Å². The van der Waals surface area contributed by atoms with Crippen molar-refractivity contribution >= 4 is 17.6 Å². The SMILES string of the molecule is CCCCOc1ccc(C(=O)NC(=NCc2ccncc2)Nc2ccc(CC)cc2)cc1.